The molecule has 0 aliphatic carbocycles. The van der Waals surface area contributed by atoms with Crippen molar-refractivity contribution in [1.82, 2.24) is 4.90 Å². The van der Waals surface area contributed by atoms with Gasteiger partial charge in [0.1, 0.15) is 0 Å². The quantitative estimate of drug-likeness (QED) is 0.537. The maximum Gasteiger partial charge on any atom is 0.0228 e. The third-order valence-electron chi connectivity index (χ3n) is 2.80. The predicted octanol–water partition coefficient (Wildman–Crippen LogP) is 2.09. The number of hydrogen-bond donors (Lipinski definition) is 0. The lowest BCUT2D eigenvalue weighted by molar-refractivity contribution is 0.150. The molecule has 0 saturated carbocycles. The molecule has 0 aromatic heterocycles. The number of piperidine rings is 1. The molecule has 2 fully saturated rings. The highest BCUT2D eigenvalue weighted by molar-refractivity contribution is 8.76. The van der Waals surface area contributed by atoms with Crippen LogP contribution in [0.15, 0.2) is 0 Å². The molecule has 0 bridgehead atoms. The first-order valence-electron chi connectivity index (χ1n) is 4.32. The number of nitrogens with zero attached hydrogens (tertiary/aromatic N) is 1. The average Bonchev–Trinajstić information content (AvgIpc) is 2.06. The molecule has 0 aromatic rings. The highest BCUT2D eigenvalue weighted by Crippen LogP contribution is 2.38. The maximum absolute atomic E-state index is 2.56. The van der Waals surface area contributed by atoms with E-state index >= 15 is 0 Å². The van der Waals surface area contributed by atoms with Crippen LogP contribution in [0.5, 0.6) is 0 Å². The third kappa shape index (κ3) is 1.70. The first-order valence-corrected chi connectivity index (χ1v) is 6.81. The van der Waals surface area contributed by atoms with Crippen LogP contribution in [-0.2, 0) is 0 Å². The molecule has 0 N–H and O–H groups in total. The van der Waals surface area contributed by atoms with Gasteiger partial charge in [0.05, 0.1) is 0 Å². The second-order valence-corrected chi connectivity index (χ2v) is 6.07. The molecule has 3 heteroatoms. The van der Waals surface area contributed by atoms with Gasteiger partial charge in [-0.25, -0.2) is 0 Å². The number of likely N-dealkylation sites (tertiary alicyclic amines) is 1. The van der Waals surface area contributed by atoms with E-state index < -0.39 is 0 Å². The van der Waals surface area contributed by atoms with E-state index in [0.717, 1.165) is 12.0 Å². The number of fused-ring (bicyclic) bond motifs is 1. The minimum Gasteiger partial charge on any atom is -0.302 e. The standard InChI is InChI=1S/C8H15NS2/c1-9-4-2-3-7-5-10-11-6-8(7)9/h7-8H,2-6H2,1H3/t7-,8-/m1/s1. The average molecular weight is 189 g/mol. The topological polar surface area (TPSA) is 3.24 Å². The molecule has 64 valence electrons. The molecule has 2 aliphatic heterocycles. The van der Waals surface area contributed by atoms with Crippen LogP contribution in [0.3, 0.4) is 0 Å². The Hall–Kier alpha value is 0.660. The van der Waals surface area contributed by atoms with Gasteiger partial charge < -0.3 is 4.90 Å². The van der Waals surface area contributed by atoms with Crippen LogP contribution in [0.4, 0.5) is 0 Å². The van der Waals surface area contributed by atoms with Gasteiger partial charge in [-0.05, 0) is 32.4 Å². The fourth-order valence-electron chi connectivity index (χ4n) is 2.03. The lowest BCUT2D eigenvalue weighted by atomic mass is 9.92. The zero-order chi connectivity index (χ0) is 7.68. The Bertz CT molecular complexity index is 138. The van der Waals surface area contributed by atoms with E-state index in [-0.39, 0.29) is 0 Å². The third-order valence-corrected chi connectivity index (χ3v) is 5.33. The van der Waals surface area contributed by atoms with Crippen molar-refractivity contribution in [3.8, 4) is 0 Å². The summed E-state index contributed by atoms with van der Waals surface area (Å²) in [5, 5.41) is 0. The van der Waals surface area contributed by atoms with Crippen molar-refractivity contribution >= 4 is 21.6 Å². The summed E-state index contributed by atoms with van der Waals surface area (Å²) in [7, 11) is 6.42. The van der Waals surface area contributed by atoms with Crippen molar-refractivity contribution in [3.05, 3.63) is 0 Å². The van der Waals surface area contributed by atoms with Gasteiger partial charge in [-0.1, -0.05) is 21.6 Å². The first kappa shape index (κ1) is 8.27. The van der Waals surface area contributed by atoms with Crippen LogP contribution >= 0.6 is 21.6 Å². The van der Waals surface area contributed by atoms with Gasteiger partial charge in [-0.15, -0.1) is 0 Å². The molecule has 2 aliphatic rings. The highest BCUT2D eigenvalue weighted by Gasteiger charge is 2.31. The van der Waals surface area contributed by atoms with Crippen LogP contribution in [0.25, 0.3) is 0 Å². The summed E-state index contributed by atoms with van der Waals surface area (Å²) in [6.07, 6.45) is 2.89. The highest BCUT2D eigenvalue weighted by atomic mass is 33.1. The summed E-state index contributed by atoms with van der Waals surface area (Å²) in [5.41, 5.74) is 0. The fourth-order valence-corrected chi connectivity index (χ4v) is 4.97. The molecule has 1 nitrogen and oxygen atoms in total. The molecule has 2 heterocycles. The van der Waals surface area contributed by atoms with Gasteiger partial charge in [0.15, 0.2) is 0 Å². The summed E-state index contributed by atoms with van der Waals surface area (Å²) in [6, 6.07) is 0.898. The summed E-state index contributed by atoms with van der Waals surface area (Å²) in [6.45, 7) is 1.33. The van der Waals surface area contributed by atoms with Gasteiger partial charge >= 0.3 is 0 Å². The molecule has 0 unspecified atom stereocenters. The molecule has 0 amide bonds. The van der Waals surface area contributed by atoms with Crippen molar-refractivity contribution in [2.24, 2.45) is 5.92 Å². The van der Waals surface area contributed by atoms with Gasteiger partial charge in [0.2, 0.25) is 0 Å². The van der Waals surface area contributed by atoms with Crippen molar-refractivity contribution < 1.29 is 0 Å². The maximum atomic E-state index is 2.56. The lowest BCUT2D eigenvalue weighted by Crippen LogP contribution is -2.46. The van der Waals surface area contributed by atoms with Gasteiger partial charge in [0, 0.05) is 17.5 Å². The van der Waals surface area contributed by atoms with E-state index in [1.807, 2.05) is 0 Å². The van der Waals surface area contributed by atoms with E-state index in [2.05, 4.69) is 33.5 Å². The van der Waals surface area contributed by atoms with Crippen molar-refractivity contribution in [2.75, 3.05) is 25.1 Å². The predicted molar refractivity (Wildman–Crippen MR) is 54.1 cm³/mol. The van der Waals surface area contributed by atoms with Gasteiger partial charge in [-0.3, -0.25) is 0 Å². The first-order chi connectivity index (χ1) is 5.38. The molecule has 0 spiro atoms. The van der Waals surface area contributed by atoms with E-state index in [1.54, 1.807) is 0 Å². The van der Waals surface area contributed by atoms with Crippen molar-refractivity contribution in [1.29, 1.82) is 0 Å². The van der Waals surface area contributed by atoms with Crippen LogP contribution < -0.4 is 0 Å². The van der Waals surface area contributed by atoms with E-state index in [9.17, 15) is 0 Å². The largest absolute Gasteiger partial charge is 0.302 e. The Labute approximate surface area is 76.7 Å². The fraction of sp³-hybridized carbons (Fsp3) is 1.00. The molecule has 0 radical (unpaired) electrons. The van der Waals surface area contributed by atoms with Crippen molar-refractivity contribution in [2.45, 2.75) is 18.9 Å². The normalized spacial score (nSPS) is 40.1. The Morgan fingerprint density at radius 2 is 2.09 bits per heavy atom. The van der Waals surface area contributed by atoms with E-state index in [1.165, 1.54) is 30.9 Å². The molecule has 2 rings (SSSR count). The number of rotatable bonds is 0. The van der Waals surface area contributed by atoms with Crippen LogP contribution in [0.1, 0.15) is 12.8 Å². The van der Waals surface area contributed by atoms with Crippen LogP contribution in [-0.4, -0.2) is 36.0 Å². The van der Waals surface area contributed by atoms with Crippen molar-refractivity contribution in [3.63, 3.8) is 0 Å². The summed E-state index contributed by atoms with van der Waals surface area (Å²) in [5.74, 6) is 3.74. The lowest BCUT2D eigenvalue weighted by Gasteiger charge is -2.41. The monoisotopic (exact) mass is 189 g/mol. The molecular weight excluding hydrogens is 174 g/mol. The Kier molecular flexibility index (Phi) is 2.69. The second-order valence-electron chi connectivity index (χ2n) is 3.52. The zero-order valence-electron chi connectivity index (χ0n) is 6.95. The molecular formula is C8H15NS2. The molecule has 2 saturated heterocycles. The Morgan fingerprint density at radius 3 is 2.91 bits per heavy atom. The van der Waals surface area contributed by atoms with Gasteiger partial charge in [0.25, 0.3) is 0 Å². The molecule has 0 aromatic carbocycles. The second kappa shape index (κ2) is 3.58. The smallest absolute Gasteiger partial charge is 0.0228 e. The Balaban J connectivity index is 1.99. The minimum absolute atomic E-state index is 0.898. The van der Waals surface area contributed by atoms with Crippen LogP contribution in [0.2, 0.25) is 0 Å². The van der Waals surface area contributed by atoms with Gasteiger partial charge in [-0.2, -0.15) is 0 Å². The van der Waals surface area contributed by atoms with E-state index in [4.69, 9.17) is 0 Å². The SMILES string of the molecule is CN1CCC[C@@H]2CSSC[C@H]21. The molecule has 11 heavy (non-hydrogen) atoms. The van der Waals surface area contributed by atoms with E-state index in [0.29, 0.717) is 0 Å². The summed E-state index contributed by atoms with van der Waals surface area (Å²) in [4.78, 5) is 2.56. The minimum atomic E-state index is 0.898. The number of hydrogen-bond acceptors (Lipinski definition) is 3. The summed E-state index contributed by atoms with van der Waals surface area (Å²) < 4.78 is 0. The molecule has 2 atom stereocenters. The Morgan fingerprint density at radius 1 is 1.27 bits per heavy atom. The zero-order valence-corrected chi connectivity index (χ0v) is 8.59. The summed E-state index contributed by atoms with van der Waals surface area (Å²) >= 11 is 0. The van der Waals surface area contributed by atoms with Crippen LogP contribution in [0, 0.1) is 5.92 Å².